The fraction of sp³-hybridized carbons (Fsp3) is 0.889. The summed E-state index contributed by atoms with van der Waals surface area (Å²) in [5.74, 6) is 1.35. The van der Waals surface area contributed by atoms with Crippen molar-refractivity contribution in [3.63, 3.8) is 0 Å². The van der Waals surface area contributed by atoms with Gasteiger partial charge in [-0.3, -0.25) is 4.79 Å². The van der Waals surface area contributed by atoms with Gasteiger partial charge in [0.15, 0.2) is 0 Å². The lowest BCUT2D eigenvalue weighted by Crippen LogP contribution is -2.53. The summed E-state index contributed by atoms with van der Waals surface area (Å²) in [5.41, 5.74) is 0. The highest BCUT2D eigenvalue weighted by atomic mass is 16.2. The van der Waals surface area contributed by atoms with E-state index in [1.54, 1.807) is 0 Å². The Balaban J connectivity index is 2.12. The largest absolute Gasteiger partial charge is 0.345 e. The van der Waals surface area contributed by atoms with Crippen LogP contribution in [-0.4, -0.2) is 49.4 Å². The standard InChI is InChI=1S/C9H16N2O/c1-10-4-7-3-8(6-10)9(12)11(2)5-7/h7-8H,3-6H2,1-2H3. The average molecular weight is 168 g/mol. The Kier molecular flexibility index (Phi) is 1.83. The molecule has 2 heterocycles. The summed E-state index contributed by atoms with van der Waals surface area (Å²) in [6.07, 6.45) is 1.12. The molecule has 2 saturated heterocycles. The monoisotopic (exact) mass is 168 g/mol. The number of piperidine rings is 2. The van der Waals surface area contributed by atoms with Gasteiger partial charge in [-0.25, -0.2) is 0 Å². The Morgan fingerprint density at radius 2 is 2.00 bits per heavy atom. The normalized spacial score (nSPS) is 37.2. The van der Waals surface area contributed by atoms with Crippen molar-refractivity contribution in [2.45, 2.75) is 6.42 Å². The van der Waals surface area contributed by atoms with Crippen LogP contribution in [0.5, 0.6) is 0 Å². The van der Waals surface area contributed by atoms with Crippen LogP contribution in [0, 0.1) is 11.8 Å². The van der Waals surface area contributed by atoms with Crippen molar-refractivity contribution in [2.24, 2.45) is 11.8 Å². The average Bonchev–Trinajstić information content (AvgIpc) is 1.99. The lowest BCUT2D eigenvalue weighted by Gasteiger charge is -2.42. The van der Waals surface area contributed by atoms with Crippen molar-refractivity contribution in [1.82, 2.24) is 9.80 Å². The van der Waals surface area contributed by atoms with Gasteiger partial charge in [0.25, 0.3) is 0 Å². The van der Waals surface area contributed by atoms with Crippen LogP contribution in [0.25, 0.3) is 0 Å². The summed E-state index contributed by atoms with van der Waals surface area (Å²) in [6.45, 7) is 3.08. The summed E-state index contributed by atoms with van der Waals surface area (Å²) in [4.78, 5) is 15.8. The smallest absolute Gasteiger partial charge is 0.226 e. The molecule has 0 aliphatic carbocycles. The number of carbonyl (C=O) groups is 1. The molecule has 1 amide bonds. The van der Waals surface area contributed by atoms with Crippen LogP contribution < -0.4 is 0 Å². The second-order valence-corrected chi connectivity index (χ2v) is 4.24. The second kappa shape index (κ2) is 2.73. The number of nitrogens with zero attached hydrogens (tertiary/aromatic N) is 2. The minimum absolute atomic E-state index is 0.285. The molecule has 2 aliphatic heterocycles. The summed E-state index contributed by atoms with van der Waals surface area (Å²) in [6, 6.07) is 0. The zero-order chi connectivity index (χ0) is 8.72. The molecule has 0 aromatic rings. The van der Waals surface area contributed by atoms with Gasteiger partial charge in [-0.15, -0.1) is 0 Å². The van der Waals surface area contributed by atoms with Gasteiger partial charge in [-0.1, -0.05) is 0 Å². The van der Waals surface area contributed by atoms with E-state index in [9.17, 15) is 4.79 Å². The molecule has 3 nitrogen and oxygen atoms in total. The van der Waals surface area contributed by atoms with E-state index >= 15 is 0 Å². The van der Waals surface area contributed by atoms with Gasteiger partial charge in [-0.2, -0.15) is 0 Å². The minimum Gasteiger partial charge on any atom is -0.345 e. The number of carbonyl (C=O) groups excluding carboxylic acids is 1. The van der Waals surface area contributed by atoms with Crippen molar-refractivity contribution >= 4 is 5.91 Å². The molecule has 2 atom stereocenters. The van der Waals surface area contributed by atoms with Crippen LogP contribution >= 0.6 is 0 Å². The molecule has 2 rings (SSSR count). The molecule has 2 unspecified atom stereocenters. The highest BCUT2D eigenvalue weighted by molar-refractivity contribution is 5.79. The van der Waals surface area contributed by atoms with Crippen molar-refractivity contribution in [2.75, 3.05) is 33.7 Å². The third-order valence-electron chi connectivity index (χ3n) is 2.98. The fourth-order valence-corrected chi connectivity index (χ4v) is 2.54. The predicted molar refractivity (Wildman–Crippen MR) is 46.7 cm³/mol. The molecule has 0 radical (unpaired) electrons. The van der Waals surface area contributed by atoms with Gasteiger partial charge in [-0.05, 0) is 19.4 Å². The summed E-state index contributed by atoms with van der Waals surface area (Å²) in [7, 11) is 4.03. The maximum atomic E-state index is 11.6. The van der Waals surface area contributed by atoms with Crippen LogP contribution in [-0.2, 0) is 4.79 Å². The van der Waals surface area contributed by atoms with E-state index in [2.05, 4.69) is 11.9 Å². The Morgan fingerprint density at radius 1 is 1.25 bits per heavy atom. The van der Waals surface area contributed by atoms with Crippen molar-refractivity contribution in [3.8, 4) is 0 Å². The molecule has 3 heteroatoms. The van der Waals surface area contributed by atoms with E-state index < -0.39 is 0 Å². The maximum absolute atomic E-state index is 11.6. The van der Waals surface area contributed by atoms with E-state index in [1.165, 1.54) is 0 Å². The maximum Gasteiger partial charge on any atom is 0.226 e. The first-order valence-corrected chi connectivity index (χ1v) is 4.60. The first-order valence-electron chi connectivity index (χ1n) is 4.60. The molecular formula is C9H16N2O. The molecule has 0 aromatic carbocycles. The van der Waals surface area contributed by atoms with E-state index in [0.717, 1.165) is 32.0 Å². The molecule has 12 heavy (non-hydrogen) atoms. The number of likely N-dealkylation sites (tertiary alicyclic amines) is 2. The van der Waals surface area contributed by atoms with Crippen LogP contribution in [0.2, 0.25) is 0 Å². The minimum atomic E-state index is 0.285. The Hall–Kier alpha value is -0.570. The zero-order valence-corrected chi connectivity index (χ0v) is 7.79. The topological polar surface area (TPSA) is 23.6 Å². The Labute approximate surface area is 73.3 Å². The molecule has 0 spiro atoms. The summed E-state index contributed by atoms with van der Waals surface area (Å²) in [5, 5.41) is 0. The quantitative estimate of drug-likeness (QED) is 0.509. The molecule has 0 aromatic heterocycles. The lowest BCUT2D eigenvalue weighted by molar-refractivity contribution is -0.142. The van der Waals surface area contributed by atoms with Gasteiger partial charge in [0.2, 0.25) is 5.91 Å². The van der Waals surface area contributed by atoms with E-state index in [-0.39, 0.29) is 5.92 Å². The van der Waals surface area contributed by atoms with Gasteiger partial charge in [0.1, 0.15) is 0 Å². The number of hydrogen-bond donors (Lipinski definition) is 0. The van der Waals surface area contributed by atoms with Gasteiger partial charge < -0.3 is 9.80 Å². The first-order chi connectivity index (χ1) is 5.66. The lowest BCUT2D eigenvalue weighted by atomic mass is 9.84. The number of amides is 1. The van der Waals surface area contributed by atoms with Gasteiger partial charge >= 0.3 is 0 Å². The van der Waals surface area contributed by atoms with Crippen molar-refractivity contribution in [3.05, 3.63) is 0 Å². The Bertz CT molecular complexity index is 201. The van der Waals surface area contributed by atoms with Crippen molar-refractivity contribution in [1.29, 1.82) is 0 Å². The predicted octanol–water partition coefficient (Wildman–Crippen LogP) is 0.0263. The third-order valence-corrected chi connectivity index (χ3v) is 2.98. The molecular weight excluding hydrogens is 152 g/mol. The molecule has 2 aliphatic rings. The first kappa shape index (κ1) is 8.05. The summed E-state index contributed by atoms with van der Waals surface area (Å²) < 4.78 is 0. The molecule has 0 N–H and O–H groups in total. The second-order valence-electron chi connectivity index (χ2n) is 4.24. The number of fused-ring (bicyclic) bond motifs is 2. The molecule has 2 fully saturated rings. The van der Waals surface area contributed by atoms with E-state index in [1.807, 2.05) is 11.9 Å². The Morgan fingerprint density at radius 3 is 2.75 bits per heavy atom. The molecule has 0 saturated carbocycles. The van der Waals surface area contributed by atoms with Crippen LogP contribution in [0.3, 0.4) is 0 Å². The number of hydrogen-bond acceptors (Lipinski definition) is 2. The van der Waals surface area contributed by atoms with Crippen LogP contribution in [0.4, 0.5) is 0 Å². The molecule has 2 bridgehead atoms. The highest BCUT2D eigenvalue weighted by Gasteiger charge is 2.36. The van der Waals surface area contributed by atoms with Crippen LogP contribution in [0.1, 0.15) is 6.42 Å². The SMILES string of the molecule is CN1CC2CC(C1)C(=O)N(C)C2. The van der Waals surface area contributed by atoms with Gasteiger partial charge in [0.05, 0.1) is 5.92 Å². The van der Waals surface area contributed by atoms with Crippen LogP contribution in [0.15, 0.2) is 0 Å². The molecule has 68 valence electrons. The zero-order valence-electron chi connectivity index (χ0n) is 7.79. The number of rotatable bonds is 0. The summed E-state index contributed by atoms with van der Waals surface area (Å²) >= 11 is 0. The highest BCUT2D eigenvalue weighted by Crippen LogP contribution is 2.27. The van der Waals surface area contributed by atoms with E-state index in [0.29, 0.717) is 5.91 Å². The fourth-order valence-electron chi connectivity index (χ4n) is 2.54. The van der Waals surface area contributed by atoms with Gasteiger partial charge in [0, 0.05) is 26.7 Å². The third kappa shape index (κ3) is 1.22. The van der Waals surface area contributed by atoms with E-state index in [4.69, 9.17) is 0 Å². The van der Waals surface area contributed by atoms with Crippen molar-refractivity contribution < 1.29 is 4.79 Å².